The molecule has 2 fully saturated rings. The van der Waals surface area contributed by atoms with Gasteiger partial charge in [-0.3, -0.25) is 4.90 Å². The van der Waals surface area contributed by atoms with Crippen LogP contribution in [0.3, 0.4) is 0 Å². The van der Waals surface area contributed by atoms with Gasteiger partial charge in [0.05, 0.1) is 17.8 Å². The minimum absolute atomic E-state index is 0.0437. The Bertz CT molecular complexity index is 1590. The van der Waals surface area contributed by atoms with Gasteiger partial charge in [-0.15, -0.1) is 0 Å². The van der Waals surface area contributed by atoms with Crippen LogP contribution in [-0.4, -0.2) is 71.2 Å². The number of carbonyl (C=O) groups is 1. The van der Waals surface area contributed by atoms with Gasteiger partial charge in [-0.1, -0.05) is 0 Å². The molecule has 0 spiro atoms. The van der Waals surface area contributed by atoms with E-state index in [9.17, 15) is 18.7 Å². The first-order chi connectivity index (χ1) is 19.2. The summed E-state index contributed by atoms with van der Waals surface area (Å²) >= 11 is 0. The van der Waals surface area contributed by atoms with Gasteiger partial charge in [-0.25, -0.2) is 33.5 Å². The average molecular weight is 549 g/mol. The number of aryl methyl sites for hydroxylation is 1. The number of nitrogens with one attached hydrogen (secondary N) is 1. The molecule has 40 heavy (non-hydrogen) atoms. The molecule has 6 rings (SSSR count). The third-order valence-corrected chi connectivity index (χ3v) is 7.83. The number of rotatable bonds is 6. The second kappa shape index (κ2) is 10.1. The molecule has 12 heteroatoms. The van der Waals surface area contributed by atoms with Crippen molar-refractivity contribution in [3.63, 3.8) is 0 Å². The number of fused-ring (bicyclic) bond motifs is 2. The first kappa shape index (κ1) is 26.1. The van der Waals surface area contributed by atoms with Crippen molar-refractivity contribution in [1.29, 1.82) is 0 Å². The molecule has 208 valence electrons. The Morgan fingerprint density at radius 3 is 2.60 bits per heavy atom. The fourth-order valence-electron chi connectivity index (χ4n) is 6.09. The zero-order chi connectivity index (χ0) is 28.1. The Morgan fingerprint density at radius 2 is 1.88 bits per heavy atom. The number of carboxylic acid groups (broad SMARTS) is 1. The lowest BCUT2D eigenvalue weighted by atomic mass is 10.0. The van der Waals surface area contributed by atoms with Crippen molar-refractivity contribution in [2.24, 2.45) is 5.92 Å². The molecule has 0 aliphatic carbocycles. The molecular formula is C28H30F2N8O2. The molecule has 1 aromatic carbocycles. The number of imidazole rings is 1. The van der Waals surface area contributed by atoms with Crippen molar-refractivity contribution >= 4 is 28.9 Å². The summed E-state index contributed by atoms with van der Waals surface area (Å²) in [7, 11) is 0. The van der Waals surface area contributed by atoms with Crippen LogP contribution in [-0.2, 0) is 6.54 Å². The number of benzene rings is 1. The molecule has 3 aromatic heterocycles. The van der Waals surface area contributed by atoms with Crippen LogP contribution in [0.15, 0.2) is 36.8 Å². The average Bonchev–Trinajstić information content (AvgIpc) is 3.58. The quantitative estimate of drug-likeness (QED) is 0.347. The van der Waals surface area contributed by atoms with Crippen LogP contribution in [0.25, 0.3) is 22.2 Å². The maximum Gasteiger partial charge on any atom is 0.407 e. The van der Waals surface area contributed by atoms with Gasteiger partial charge in [0.2, 0.25) is 5.95 Å². The lowest BCUT2D eigenvalue weighted by Gasteiger charge is -2.22. The van der Waals surface area contributed by atoms with Gasteiger partial charge in [-0.2, -0.15) is 0 Å². The third kappa shape index (κ3) is 4.72. The minimum Gasteiger partial charge on any atom is -0.465 e. The summed E-state index contributed by atoms with van der Waals surface area (Å²) in [6.45, 7) is 8.57. The third-order valence-electron chi connectivity index (χ3n) is 7.83. The highest BCUT2D eigenvalue weighted by molar-refractivity contribution is 5.84. The van der Waals surface area contributed by atoms with E-state index in [1.807, 2.05) is 25.3 Å². The van der Waals surface area contributed by atoms with Crippen LogP contribution in [0.4, 0.5) is 25.3 Å². The molecule has 10 nitrogen and oxygen atoms in total. The maximum atomic E-state index is 15.0. The smallest absolute Gasteiger partial charge is 0.407 e. The Kier molecular flexibility index (Phi) is 6.57. The van der Waals surface area contributed by atoms with Gasteiger partial charge in [0.1, 0.15) is 23.0 Å². The van der Waals surface area contributed by atoms with Crippen molar-refractivity contribution < 1.29 is 18.7 Å². The topological polar surface area (TPSA) is 112 Å². The van der Waals surface area contributed by atoms with E-state index in [0.29, 0.717) is 54.2 Å². The zero-order valence-electron chi connectivity index (χ0n) is 22.5. The maximum absolute atomic E-state index is 15.0. The van der Waals surface area contributed by atoms with Crippen molar-refractivity contribution in [1.82, 2.24) is 34.3 Å². The summed E-state index contributed by atoms with van der Waals surface area (Å²) in [5, 5.41) is 12.4. The molecule has 0 unspecified atom stereocenters. The van der Waals surface area contributed by atoms with Crippen LogP contribution in [0.2, 0.25) is 0 Å². The van der Waals surface area contributed by atoms with Crippen molar-refractivity contribution in [2.75, 3.05) is 25.0 Å². The molecule has 2 aliphatic heterocycles. The Hall–Kier alpha value is -4.19. The number of pyridine rings is 1. The normalized spacial score (nSPS) is 19.1. The van der Waals surface area contributed by atoms with Crippen molar-refractivity contribution in [3.8, 4) is 11.1 Å². The first-order valence-electron chi connectivity index (χ1n) is 13.3. The van der Waals surface area contributed by atoms with E-state index in [0.717, 1.165) is 24.7 Å². The molecule has 0 bridgehead atoms. The molecule has 2 atom stereocenters. The molecule has 5 heterocycles. The van der Waals surface area contributed by atoms with Crippen LogP contribution in [0, 0.1) is 24.5 Å². The molecule has 2 N–H and O–H groups in total. The molecule has 1 amide bonds. The molecule has 2 saturated heterocycles. The van der Waals surface area contributed by atoms with Gasteiger partial charge < -0.3 is 19.9 Å². The highest BCUT2D eigenvalue weighted by atomic mass is 19.1. The largest absolute Gasteiger partial charge is 0.465 e. The number of amides is 1. The summed E-state index contributed by atoms with van der Waals surface area (Å²) in [6, 6.07) is 4.64. The second-order valence-corrected chi connectivity index (χ2v) is 10.8. The van der Waals surface area contributed by atoms with E-state index in [1.54, 1.807) is 23.4 Å². The van der Waals surface area contributed by atoms with E-state index in [4.69, 9.17) is 0 Å². The van der Waals surface area contributed by atoms with E-state index in [1.165, 1.54) is 12.1 Å². The Morgan fingerprint density at radius 1 is 1.10 bits per heavy atom. The summed E-state index contributed by atoms with van der Waals surface area (Å²) in [6.07, 6.45) is 4.54. The highest BCUT2D eigenvalue weighted by Crippen LogP contribution is 2.33. The monoisotopic (exact) mass is 548 g/mol. The van der Waals surface area contributed by atoms with Gasteiger partial charge in [0.15, 0.2) is 5.82 Å². The number of hydrogen-bond acceptors (Lipinski definition) is 7. The summed E-state index contributed by atoms with van der Waals surface area (Å²) < 4.78 is 31.8. The number of hydrogen-bond donors (Lipinski definition) is 2. The Labute approximate surface area is 229 Å². The zero-order valence-corrected chi connectivity index (χ0v) is 22.5. The van der Waals surface area contributed by atoms with Gasteiger partial charge in [-0.05, 0) is 56.9 Å². The van der Waals surface area contributed by atoms with E-state index < -0.39 is 17.7 Å². The van der Waals surface area contributed by atoms with E-state index in [2.05, 4.69) is 30.2 Å². The fraction of sp³-hybridized carbons (Fsp3) is 0.393. The number of nitrogens with zero attached hydrogens (tertiary/aromatic N) is 7. The summed E-state index contributed by atoms with van der Waals surface area (Å²) in [5.41, 5.74) is 2.33. The van der Waals surface area contributed by atoms with E-state index in [-0.39, 0.29) is 23.2 Å². The predicted molar refractivity (Wildman–Crippen MR) is 145 cm³/mol. The Balaban J connectivity index is 1.18. The number of anilines is 2. The SMILES string of the molecule is Cc1nc2c(F)cc(-c3cc(Nc4ncc(CN5C[C@@H]6CCN(C(=O)O)[C@@H]6C5)cn4)ncc3F)cc2n1C(C)C. The van der Waals surface area contributed by atoms with Gasteiger partial charge in [0, 0.05) is 55.7 Å². The second-order valence-electron chi connectivity index (χ2n) is 10.8. The van der Waals surface area contributed by atoms with Crippen molar-refractivity contribution in [3.05, 3.63) is 59.8 Å². The van der Waals surface area contributed by atoms with Crippen LogP contribution < -0.4 is 5.32 Å². The lowest BCUT2D eigenvalue weighted by molar-refractivity contribution is 0.136. The van der Waals surface area contributed by atoms with Gasteiger partial charge in [0.25, 0.3) is 0 Å². The van der Waals surface area contributed by atoms with Gasteiger partial charge >= 0.3 is 6.09 Å². The number of likely N-dealkylation sites (tertiary alicyclic amines) is 2. The predicted octanol–water partition coefficient (Wildman–Crippen LogP) is 4.98. The number of aromatic nitrogens is 5. The molecular weight excluding hydrogens is 518 g/mol. The number of halogens is 2. The highest BCUT2D eigenvalue weighted by Gasteiger charge is 2.43. The molecule has 0 radical (unpaired) electrons. The van der Waals surface area contributed by atoms with Crippen LogP contribution in [0.5, 0.6) is 0 Å². The summed E-state index contributed by atoms with van der Waals surface area (Å²) in [5.74, 6) is 0.565. The molecule has 0 saturated carbocycles. The molecule has 4 aromatic rings. The molecule has 2 aliphatic rings. The van der Waals surface area contributed by atoms with Crippen LogP contribution >= 0.6 is 0 Å². The fourth-order valence-corrected chi connectivity index (χ4v) is 6.09. The lowest BCUT2D eigenvalue weighted by Crippen LogP contribution is -2.38. The standard InChI is InChI=1S/C28H30F2N8O2/c1-15(2)38-16(3)34-26-21(29)6-19(7-23(26)38)20-8-25(31-11-22(20)30)35-27-32-9-17(10-33-27)12-36-13-18-4-5-37(28(39)40)24(18)14-36/h6-11,15,18,24H,4-5,12-14H2,1-3H3,(H,39,40)(H,31,32,33,35)/t18-,24+/m0/s1. The van der Waals surface area contributed by atoms with E-state index >= 15 is 0 Å². The first-order valence-corrected chi connectivity index (χ1v) is 13.3. The summed E-state index contributed by atoms with van der Waals surface area (Å²) in [4.78, 5) is 32.5. The van der Waals surface area contributed by atoms with Crippen LogP contribution in [0.1, 0.15) is 37.7 Å². The minimum atomic E-state index is -0.853. The van der Waals surface area contributed by atoms with Crippen molar-refractivity contribution in [2.45, 2.75) is 45.8 Å².